The average molecular weight is 176 g/mol. The number of oxime groups is 1. The standard InChI is InChI=1S/C7H7ClFNO/c8-7(5-10-11)3-1-6(9)2-4-7/h1-3,5,11H,4H2. The van der Waals surface area contributed by atoms with Crippen molar-refractivity contribution >= 4 is 17.8 Å². The second-order valence-electron chi connectivity index (χ2n) is 2.30. The predicted octanol–water partition coefficient (Wildman–Crippen LogP) is 2.24. The lowest BCUT2D eigenvalue weighted by Gasteiger charge is -2.17. The SMILES string of the molecule is ON=CC1(Cl)C=CC(F)=CC1. The molecular weight excluding hydrogens is 169 g/mol. The zero-order valence-corrected chi connectivity index (χ0v) is 6.42. The van der Waals surface area contributed by atoms with E-state index in [9.17, 15) is 4.39 Å². The van der Waals surface area contributed by atoms with Crippen molar-refractivity contribution in [3.8, 4) is 0 Å². The molecule has 11 heavy (non-hydrogen) atoms. The summed E-state index contributed by atoms with van der Waals surface area (Å²) >= 11 is 5.83. The normalized spacial score (nSPS) is 30.9. The lowest BCUT2D eigenvalue weighted by Crippen LogP contribution is -2.20. The van der Waals surface area contributed by atoms with Gasteiger partial charge in [-0.2, -0.15) is 0 Å². The number of nitrogens with zero attached hydrogens (tertiary/aromatic N) is 1. The molecule has 0 radical (unpaired) electrons. The minimum absolute atomic E-state index is 0.306. The fourth-order valence-corrected chi connectivity index (χ4v) is 0.984. The summed E-state index contributed by atoms with van der Waals surface area (Å²) in [6.07, 6.45) is 5.51. The minimum atomic E-state index is -0.857. The summed E-state index contributed by atoms with van der Waals surface area (Å²) in [6.45, 7) is 0. The number of hydrogen-bond acceptors (Lipinski definition) is 2. The molecule has 0 spiro atoms. The summed E-state index contributed by atoms with van der Waals surface area (Å²) in [5, 5.41) is 11.0. The molecule has 1 aliphatic carbocycles. The molecule has 0 fully saturated rings. The van der Waals surface area contributed by atoms with Crippen molar-refractivity contribution in [3.63, 3.8) is 0 Å². The van der Waals surface area contributed by atoms with Crippen LogP contribution in [0.4, 0.5) is 4.39 Å². The first-order valence-corrected chi connectivity index (χ1v) is 3.46. The van der Waals surface area contributed by atoms with Crippen molar-refractivity contribution in [1.82, 2.24) is 0 Å². The van der Waals surface area contributed by atoms with E-state index in [0.717, 1.165) is 6.21 Å². The van der Waals surface area contributed by atoms with E-state index in [0.29, 0.717) is 6.42 Å². The van der Waals surface area contributed by atoms with E-state index in [-0.39, 0.29) is 5.83 Å². The van der Waals surface area contributed by atoms with E-state index < -0.39 is 4.87 Å². The maximum absolute atomic E-state index is 12.4. The third-order valence-electron chi connectivity index (χ3n) is 1.40. The van der Waals surface area contributed by atoms with Crippen LogP contribution in [0.25, 0.3) is 0 Å². The molecule has 0 saturated heterocycles. The van der Waals surface area contributed by atoms with Gasteiger partial charge in [0.05, 0.1) is 6.21 Å². The van der Waals surface area contributed by atoms with Gasteiger partial charge >= 0.3 is 0 Å². The first kappa shape index (κ1) is 8.27. The molecule has 1 N–H and O–H groups in total. The van der Waals surface area contributed by atoms with Gasteiger partial charge in [0, 0.05) is 0 Å². The third-order valence-corrected chi connectivity index (χ3v) is 1.78. The van der Waals surface area contributed by atoms with Crippen LogP contribution in [0.5, 0.6) is 0 Å². The molecule has 0 aromatic heterocycles. The topological polar surface area (TPSA) is 32.6 Å². The number of rotatable bonds is 1. The highest BCUT2D eigenvalue weighted by molar-refractivity contribution is 6.33. The van der Waals surface area contributed by atoms with Crippen LogP contribution in [0, 0.1) is 0 Å². The lowest BCUT2D eigenvalue weighted by molar-refractivity contribution is 0.319. The van der Waals surface area contributed by atoms with Crippen LogP contribution in [0.2, 0.25) is 0 Å². The molecule has 0 heterocycles. The Morgan fingerprint density at radius 1 is 1.82 bits per heavy atom. The van der Waals surface area contributed by atoms with Crippen molar-refractivity contribution in [2.45, 2.75) is 11.3 Å². The number of hydrogen-bond donors (Lipinski definition) is 1. The molecule has 60 valence electrons. The van der Waals surface area contributed by atoms with Gasteiger partial charge < -0.3 is 5.21 Å². The van der Waals surface area contributed by atoms with Crippen molar-refractivity contribution in [3.05, 3.63) is 24.1 Å². The maximum atomic E-state index is 12.4. The van der Waals surface area contributed by atoms with Crippen molar-refractivity contribution in [2.75, 3.05) is 0 Å². The van der Waals surface area contributed by atoms with E-state index >= 15 is 0 Å². The second-order valence-corrected chi connectivity index (χ2v) is 3.00. The summed E-state index contributed by atoms with van der Waals surface area (Å²) < 4.78 is 12.4. The van der Waals surface area contributed by atoms with Crippen LogP contribution in [-0.2, 0) is 0 Å². The zero-order valence-electron chi connectivity index (χ0n) is 5.67. The Labute approximate surface area is 68.7 Å². The summed E-state index contributed by atoms with van der Waals surface area (Å²) in [6, 6.07) is 0. The number of alkyl halides is 1. The van der Waals surface area contributed by atoms with Gasteiger partial charge in [0.15, 0.2) is 0 Å². The number of halogens is 2. The van der Waals surface area contributed by atoms with Crippen LogP contribution in [0.15, 0.2) is 29.2 Å². The predicted molar refractivity (Wildman–Crippen MR) is 41.8 cm³/mol. The Morgan fingerprint density at radius 2 is 2.55 bits per heavy atom. The first-order chi connectivity index (χ1) is 5.16. The Bertz CT molecular complexity index is 237. The van der Waals surface area contributed by atoms with Gasteiger partial charge in [0.25, 0.3) is 0 Å². The fraction of sp³-hybridized carbons (Fsp3) is 0.286. The Balaban J connectivity index is 2.74. The van der Waals surface area contributed by atoms with Gasteiger partial charge in [-0.15, -0.1) is 11.6 Å². The van der Waals surface area contributed by atoms with Crippen LogP contribution in [-0.4, -0.2) is 16.3 Å². The summed E-state index contributed by atoms with van der Waals surface area (Å²) in [7, 11) is 0. The molecule has 0 aliphatic heterocycles. The van der Waals surface area contributed by atoms with E-state index in [1.807, 2.05) is 0 Å². The van der Waals surface area contributed by atoms with Gasteiger partial charge in [-0.25, -0.2) is 4.39 Å². The van der Waals surface area contributed by atoms with Crippen LogP contribution in [0.1, 0.15) is 6.42 Å². The van der Waals surface area contributed by atoms with Crippen LogP contribution >= 0.6 is 11.6 Å². The molecule has 0 bridgehead atoms. The van der Waals surface area contributed by atoms with Gasteiger partial charge in [-0.05, 0) is 18.6 Å². The first-order valence-electron chi connectivity index (χ1n) is 3.09. The quantitative estimate of drug-likeness (QED) is 0.282. The van der Waals surface area contributed by atoms with Crippen molar-refractivity contribution in [2.24, 2.45) is 5.16 Å². The largest absolute Gasteiger partial charge is 0.411 e. The molecule has 0 saturated carbocycles. The highest BCUT2D eigenvalue weighted by atomic mass is 35.5. The molecule has 1 atom stereocenters. The van der Waals surface area contributed by atoms with Gasteiger partial charge in [-0.1, -0.05) is 11.2 Å². The van der Waals surface area contributed by atoms with E-state index in [4.69, 9.17) is 16.8 Å². The molecule has 2 nitrogen and oxygen atoms in total. The smallest absolute Gasteiger partial charge is 0.119 e. The monoisotopic (exact) mass is 175 g/mol. The van der Waals surface area contributed by atoms with Gasteiger partial charge in [0.1, 0.15) is 10.7 Å². The average Bonchev–Trinajstić information content (AvgIpc) is 1.97. The zero-order chi connectivity index (χ0) is 8.32. The summed E-state index contributed by atoms with van der Waals surface area (Å²) in [5.41, 5.74) is 0. The molecule has 4 heteroatoms. The van der Waals surface area contributed by atoms with Gasteiger partial charge in [0.2, 0.25) is 0 Å². The maximum Gasteiger partial charge on any atom is 0.119 e. The molecule has 1 aliphatic rings. The Hall–Kier alpha value is -0.830. The molecule has 0 aromatic rings. The van der Waals surface area contributed by atoms with E-state index in [1.54, 1.807) is 0 Å². The highest BCUT2D eigenvalue weighted by Gasteiger charge is 2.23. The van der Waals surface area contributed by atoms with E-state index in [1.165, 1.54) is 18.2 Å². The van der Waals surface area contributed by atoms with Crippen LogP contribution in [0.3, 0.4) is 0 Å². The lowest BCUT2D eigenvalue weighted by atomic mass is 10.0. The molecule has 0 amide bonds. The Morgan fingerprint density at radius 3 is 3.00 bits per heavy atom. The third kappa shape index (κ3) is 2.05. The summed E-state index contributed by atoms with van der Waals surface area (Å²) in [4.78, 5) is -0.857. The van der Waals surface area contributed by atoms with Crippen molar-refractivity contribution in [1.29, 1.82) is 0 Å². The highest BCUT2D eigenvalue weighted by Crippen LogP contribution is 2.26. The van der Waals surface area contributed by atoms with Gasteiger partial charge in [-0.3, -0.25) is 0 Å². The minimum Gasteiger partial charge on any atom is -0.411 e. The molecular formula is C7H7ClFNO. The van der Waals surface area contributed by atoms with E-state index in [2.05, 4.69) is 5.16 Å². The Kier molecular flexibility index (Phi) is 2.29. The summed E-state index contributed by atoms with van der Waals surface area (Å²) in [5.74, 6) is -0.312. The van der Waals surface area contributed by atoms with Crippen molar-refractivity contribution < 1.29 is 9.60 Å². The fourth-order valence-electron chi connectivity index (χ4n) is 0.800. The van der Waals surface area contributed by atoms with Crippen LogP contribution < -0.4 is 0 Å². The number of allylic oxidation sites excluding steroid dienone is 4. The molecule has 0 aromatic carbocycles. The molecule has 1 rings (SSSR count). The molecule has 1 unspecified atom stereocenters. The second kappa shape index (κ2) is 3.05.